The van der Waals surface area contributed by atoms with E-state index in [2.05, 4.69) is 18.3 Å². The molecule has 0 aliphatic heterocycles. The molecule has 0 fully saturated rings. The quantitative estimate of drug-likeness (QED) is 0.786. The number of carbonyl (C=O) groups excluding carboxylic acids is 1. The first-order chi connectivity index (χ1) is 12.0. The van der Waals surface area contributed by atoms with Crippen LogP contribution in [0.15, 0.2) is 18.2 Å². The van der Waals surface area contributed by atoms with Crippen LogP contribution >= 0.6 is 34.5 Å². The zero-order valence-corrected chi connectivity index (χ0v) is 15.9. The summed E-state index contributed by atoms with van der Waals surface area (Å²) in [6, 6.07) is 7.04. The van der Waals surface area contributed by atoms with Crippen molar-refractivity contribution in [2.75, 3.05) is 11.9 Å². The third kappa shape index (κ3) is 4.09. The number of hydrogen-bond donors (Lipinski definition) is 1. The Balaban J connectivity index is 1.68. The standard InChI is InChI=1S/C18H16Cl2N2O2S/c1-10-2-4-12-13(8-21)18(25-16(12)6-10)22-17(23)9-24-15-5-3-11(19)7-14(15)20/h3,5,7,10H,2,4,6,9H2,1H3,(H,22,23)/t10-/m0/s1. The van der Waals surface area contributed by atoms with Gasteiger partial charge in [0.05, 0.1) is 10.6 Å². The zero-order valence-electron chi connectivity index (χ0n) is 13.6. The van der Waals surface area contributed by atoms with Gasteiger partial charge in [0.25, 0.3) is 5.91 Å². The van der Waals surface area contributed by atoms with Gasteiger partial charge in [0.15, 0.2) is 6.61 Å². The SMILES string of the molecule is C[C@H]1CCc2c(sc(NC(=O)COc3ccc(Cl)cc3Cl)c2C#N)C1. The van der Waals surface area contributed by atoms with Crippen LogP contribution in [0.3, 0.4) is 0 Å². The van der Waals surface area contributed by atoms with E-state index in [1.807, 2.05) is 0 Å². The highest BCUT2D eigenvalue weighted by molar-refractivity contribution is 7.16. The molecule has 0 unspecified atom stereocenters. The lowest BCUT2D eigenvalue weighted by Crippen LogP contribution is -2.20. The molecule has 2 aromatic rings. The summed E-state index contributed by atoms with van der Waals surface area (Å²) in [7, 11) is 0. The number of benzene rings is 1. The van der Waals surface area contributed by atoms with E-state index in [1.165, 1.54) is 16.2 Å². The van der Waals surface area contributed by atoms with Gasteiger partial charge in [-0.1, -0.05) is 30.1 Å². The molecule has 0 radical (unpaired) electrons. The minimum absolute atomic E-state index is 0.189. The van der Waals surface area contributed by atoms with Gasteiger partial charge in [-0.15, -0.1) is 11.3 Å². The smallest absolute Gasteiger partial charge is 0.262 e. The lowest BCUT2D eigenvalue weighted by molar-refractivity contribution is -0.118. The summed E-state index contributed by atoms with van der Waals surface area (Å²) in [6.45, 7) is 2.02. The monoisotopic (exact) mass is 394 g/mol. The molecule has 1 amide bonds. The Morgan fingerprint density at radius 3 is 3.00 bits per heavy atom. The van der Waals surface area contributed by atoms with Crippen LogP contribution in [0.5, 0.6) is 5.75 Å². The molecule has 7 heteroatoms. The fourth-order valence-corrected chi connectivity index (χ4v) is 4.70. The molecule has 1 atom stereocenters. The van der Waals surface area contributed by atoms with Crippen LogP contribution in [-0.4, -0.2) is 12.5 Å². The maximum absolute atomic E-state index is 12.2. The normalized spacial score (nSPS) is 16.0. The van der Waals surface area contributed by atoms with Crippen LogP contribution in [0.1, 0.15) is 29.3 Å². The largest absolute Gasteiger partial charge is 0.482 e. The van der Waals surface area contributed by atoms with E-state index >= 15 is 0 Å². The van der Waals surface area contributed by atoms with Crippen molar-refractivity contribution in [2.45, 2.75) is 26.2 Å². The fourth-order valence-electron chi connectivity index (χ4n) is 2.86. The fraction of sp³-hybridized carbons (Fsp3) is 0.333. The van der Waals surface area contributed by atoms with Crippen molar-refractivity contribution in [1.29, 1.82) is 5.26 Å². The molecular weight excluding hydrogens is 379 g/mol. The van der Waals surface area contributed by atoms with Crippen molar-refractivity contribution in [1.82, 2.24) is 0 Å². The molecule has 1 aliphatic rings. The second-order valence-corrected chi connectivity index (χ2v) is 8.03. The van der Waals surface area contributed by atoms with E-state index in [0.29, 0.717) is 32.3 Å². The average molecular weight is 395 g/mol. The topological polar surface area (TPSA) is 62.1 Å². The van der Waals surface area contributed by atoms with E-state index < -0.39 is 0 Å². The van der Waals surface area contributed by atoms with Gasteiger partial charge in [-0.05, 0) is 48.9 Å². The zero-order chi connectivity index (χ0) is 18.0. The first-order valence-electron chi connectivity index (χ1n) is 7.90. The van der Waals surface area contributed by atoms with Crippen molar-refractivity contribution in [2.24, 2.45) is 5.92 Å². The number of nitrogens with one attached hydrogen (secondary N) is 1. The number of carbonyl (C=O) groups is 1. The predicted octanol–water partition coefficient (Wildman–Crippen LogP) is 5.07. The summed E-state index contributed by atoms with van der Waals surface area (Å²) in [5.41, 5.74) is 1.67. The molecule has 25 heavy (non-hydrogen) atoms. The number of nitrogens with zero attached hydrogens (tertiary/aromatic N) is 1. The third-order valence-corrected chi connectivity index (χ3v) is 5.83. The second-order valence-electron chi connectivity index (χ2n) is 6.08. The van der Waals surface area contributed by atoms with Crippen LogP contribution in [-0.2, 0) is 17.6 Å². The minimum atomic E-state index is -0.325. The van der Waals surface area contributed by atoms with Gasteiger partial charge in [0.2, 0.25) is 0 Å². The van der Waals surface area contributed by atoms with Gasteiger partial charge < -0.3 is 10.1 Å². The van der Waals surface area contributed by atoms with E-state index in [4.69, 9.17) is 27.9 Å². The number of nitriles is 1. The molecule has 130 valence electrons. The lowest BCUT2D eigenvalue weighted by atomic mass is 9.89. The van der Waals surface area contributed by atoms with E-state index in [-0.39, 0.29) is 12.5 Å². The predicted molar refractivity (Wildman–Crippen MR) is 101 cm³/mol. The Morgan fingerprint density at radius 2 is 2.28 bits per heavy atom. The third-order valence-electron chi connectivity index (χ3n) is 4.13. The molecule has 1 aliphatic carbocycles. The summed E-state index contributed by atoms with van der Waals surface area (Å²) in [4.78, 5) is 13.4. The number of hydrogen-bond acceptors (Lipinski definition) is 4. The highest BCUT2D eigenvalue weighted by Gasteiger charge is 2.24. The molecule has 3 rings (SSSR count). The molecular formula is C18H16Cl2N2O2S. The van der Waals surface area contributed by atoms with Crippen LogP contribution in [0.4, 0.5) is 5.00 Å². The summed E-state index contributed by atoms with van der Waals surface area (Å²) in [5, 5.41) is 13.7. The molecule has 1 heterocycles. The molecule has 1 N–H and O–H groups in total. The van der Waals surface area contributed by atoms with Crippen molar-refractivity contribution < 1.29 is 9.53 Å². The maximum atomic E-state index is 12.2. The second kappa shape index (κ2) is 7.65. The first kappa shape index (κ1) is 18.1. The van der Waals surface area contributed by atoms with Crippen molar-refractivity contribution in [3.63, 3.8) is 0 Å². The highest BCUT2D eigenvalue weighted by atomic mass is 35.5. The van der Waals surface area contributed by atoms with E-state index in [9.17, 15) is 10.1 Å². The van der Waals surface area contributed by atoms with Crippen LogP contribution < -0.4 is 10.1 Å². The molecule has 0 spiro atoms. The molecule has 0 saturated heterocycles. The van der Waals surface area contributed by atoms with Crippen LogP contribution in [0.25, 0.3) is 0 Å². The Hall–Kier alpha value is -1.74. The highest BCUT2D eigenvalue weighted by Crippen LogP contribution is 2.39. The molecule has 4 nitrogen and oxygen atoms in total. The summed E-state index contributed by atoms with van der Waals surface area (Å²) in [5.74, 6) is 0.673. The Morgan fingerprint density at radius 1 is 1.48 bits per heavy atom. The average Bonchev–Trinajstić information content (AvgIpc) is 2.89. The van der Waals surface area contributed by atoms with Gasteiger partial charge in [-0.25, -0.2) is 0 Å². The molecule has 1 aromatic heterocycles. The minimum Gasteiger partial charge on any atom is -0.482 e. The van der Waals surface area contributed by atoms with E-state index in [1.54, 1.807) is 18.2 Å². The van der Waals surface area contributed by atoms with E-state index in [0.717, 1.165) is 24.8 Å². The van der Waals surface area contributed by atoms with Crippen LogP contribution in [0, 0.1) is 17.2 Å². The van der Waals surface area contributed by atoms with Crippen molar-refractivity contribution in [3.8, 4) is 11.8 Å². The molecule has 0 saturated carbocycles. The Labute approximate surface area is 160 Å². The molecule has 0 bridgehead atoms. The van der Waals surface area contributed by atoms with Gasteiger partial charge >= 0.3 is 0 Å². The number of rotatable bonds is 4. The first-order valence-corrected chi connectivity index (χ1v) is 9.47. The van der Waals surface area contributed by atoms with Gasteiger partial charge in [0, 0.05) is 9.90 Å². The lowest BCUT2D eigenvalue weighted by Gasteiger charge is -2.17. The van der Waals surface area contributed by atoms with Crippen molar-refractivity contribution >= 4 is 45.4 Å². The van der Waals surface area contributed by atoms with Gasteiger partial charge in [-0.2, -0.15) is 5.26 Å². The number of halogens is 2. The Kier molecular flexibility index (Phi) is 5.53. The number of thiophene rings is 1. The summed E-state index contributed by atoms with van der Waals surface area (Å²) < 4.78 is 5.44. The number of anilines is 1. The number of ether oxygens (including phenoxy) is 1. The van der Waals surface area contributed by atoms with Gasteiger partial charge in [-0.3, -0.25) is 4.79 Å². The summed E-state index contributed by atoms with van der Waals surface area (Å²) in [6.07, 6.45) is 2.92. The number of amides is 1. The van der Waals surface area contributed by atoms with Crippen LogP contribution in [0.2, 0.25) is 10.0 Å². The van der Waals surface area contributed by atoms with Crippen molar-refractivity contribution in [3.05, 3.63) is 44.2 Å². The molecule has 1 aromatic carbocycles. The Bertz CT molecular complexity index is 857. The maximum Gasteiger partial charge on any atom is 0.262 e. The number of fused-ring (bicyclic) bond motifs is 1. The van der Waals surface area contributed by atoms with Gasteiger partial charge in [0.1, 0.15) is 16.8 Å². The summed E-state index contributed by atoms with van der Waals surface area (Å²) >= 11 is 13.3.